The zero-order chi connectivity index (χ0) is 95.5. The van der Waals surface area contributed by atoms with Crippen LogP contribution in [0.5, 0.6) is 0 Å². The van der Waals surface area contributed by atoms with Crippen LogP contribution in [-0.4, -0.2) is 28.7 Å². The van der Waals surface area contributed by atoms with Crippen LogP contribution in [0.1, 0.15) is 38.2 Å². The highest BCUT2D eigenvalue weighted by atomic mass is 31.2. The second-order valence-corrected chi connectivity index (χ2v) is 45.5. The molecule has 678 valence electrons. The third kappa shape index (κ3) is 12.8. The Kier molecular flexibility index (Phi) is 20.2. The average molecular weight is 1890 g/mol. The maximum atomic E-state index is 16.0. The molecule has 143 heavy (non-hydrogen) atoms. The molecule has 0 saturated heterocycles. The number of nitrogens with zero attached hydrogens (tertiary/aromatic N) is 6. The number of rotatable bonds is 12. The van der Waals surface area contributed by atoms with E-state index in [1.807, 2.05) is 127 Å². The van der Waals surface area contributed by atoms with Crippen molar-refractivity contribution in [1.82, 2.24) is 28.7 Å². The Bertz CT molecular complexity index is 9820. The van der Waals surface area contributed by atoms with E-state index in [2.05, 4.69) is 368 Å². The molecule has 0 N–H and O–H groups in total. The first-order chi connectivity index (χ1) is 70.5. The maximum absolute atomic E-state index is 16.0. The quantitative estimate of drug-likeness (QED) is 0.0891. The van der Waals surface area contributed by atoms with Gasteiger partial charge < -0.3 is 13.7 Å². The molecule has 9 nitrogen and oxygen atoms in total. The molecular weight excluding hydrogens is 1800 g/mol. The first kappa shape index (κ1) is 85.4. The van der Waals surface area contributed by atoms with Crippen LogP contribution < -0.4 is 47.7 Å². The van der Waals surface area contributed by atoms with Gasteiger partial charge in [-0.25, -0.2) is 15.0 Å². The largest absolute Gasteiger partial charge is 0.308 e. The molecular formula is C131H91N6O3P3. The van der Waals surface area contributed by atoms with E-state index in [9.17, 15) is 0 Å². The minimum atomic E-state index is -3.28. The lowest BCUT2D eigenvalue weighted by Gasteiger charge is -2.31. The summed E-state index contributed by atoms with van der Waals surface area (Å²) in [7, 11) is -9.79. The van der Waals surface area contributed by atoms with Crippen molar-refractivity contribution in [3.63, 3.8) is 0 Å². The summed E-state index contributed by atoms with van der Waals surface area (Å²) in [6, 6.07) is 161. The lowest BCUT2D eigenvalue weighted by Crippen LogP contribution is -2.33. The lowest BCUT2D eigenvalue weighted by molar-refractivity contribution is 0.591. The molecule has 29 rings (SSSR count). The lowest BCUT2D eigenvalue weighted by atomic mass is 9.84. The van der Waals surface area contributed by atoms with Crippen molar-refractivity contribution in [2.75, 3.05) is 0 Å². The number of benzene rings is 23. The van der Waals surface area contributed by atoms with Crippen molar-refractivity contribution in [1.29, 1.82) is 0 Å². The minimum absolute atomic E-state index is 0.749. The fraction of sp³-hybridized carbons (Fsp3) is 0.0458. The number of aromatic nitrogens is 6. The van der Waals surface area contributed by atoms with E-state index in [1.54, 1.807) is 0 Å². The Morgan fingerprint density at radius 1 is 0.196 bits per heavy atom. The Balaban J connectivity index is 0.000000107. The minimum Gasteiger partial charge on any atom is -0.308 e. The van der Waals surface area contributed by atoms with E-state index < -0.39 is 21.4 Å². The number of hydrogen-bond acceptors (Lipinski definition) is 6. The van der Waals surface area contributed by atoms with Gasteiger partial charge in [0.15, 0.2) is 21.4 Å². The van der Waals surface area contributed by atoms with Crippen LogP contribution >= 0.6 is 21.4 Å². The van der Waals surface area contributed by atoms with Gasteiger partial charge in [-0.1, -0.05) is 421 Å². The molecule has 0 saturated carbocycles. The molecule has 3 aromatic heterocycles. The fourth-order valence-electron chi connectivity index (χ4n) is 24.0. The van der Waals surface area contributed by atoms with Crippen molar-refractivity contribution < 1.29 is 13.7 Å². The number of fused-ring (bicyclic) bond motifs is 14. The highest BCUT2D eigenvalue weighted by Gasteiger charge is 2.46. The third-order valence-corrected chi connectivity index (χ3v) is 39.3. The summed E-state index contributed by atoms with van der Waals surface area (Å²) in [6.07, 6.45) is 2.25. The number of aryl methyl sites for hydroxylation is 3. The second kappa shape index (κ2) is 33.8. The zero-order valence-corrected chi connectivity index (χ0v) is 81.4. The SMILES string of the molecule is CCc1nc2cccc3c2n1-c1c(-c2c4ccccc4c(-c4ccc5ccccc5c4)c4ccccc24)cccc1P3(=O)c1ccccc1.CCc1nc2cccc3c2n1-c1c(-c2c4ccccc4c(-c4cccc5ccccc45)c4ccccc24)cccc1P3(=O)c1ccccc1.CCc1nc2cccc3c2n1-c1c(-c2c4ccccc4c(-c4ccccc4)c4ccccc24)cccc1P3(=O)c1ccccc1. The summed E-state index contributed by atoms with van der Waals surface area (Å²) in [4.78, 5) is 15.4. The summed E-state index contributed by atoms with van der Waals surface area (Å²) in [5, 5.41) is 26.8. The molecule has 0 radical (unpaired) electrons. The molecule has 0 bridgehead atoms. The zero-order valence-electron chi connectivity index (χ0n) is 78.7. The van der Waals surface area contributed by atoms with Crippen molar-refractivity contribution >= 4 is 188 Å². The molecule has 3 aliphatic heterocycles. The van der Waals surface area contributed by atoms with Crippen LogP contribution in [-0.2, 0) is 33.0 Å². The van der Waals surface area contributed by atoms with Gasteiger partial charge in [-0.2, -0.15) is 0 Å². The molecule has 0 amide bonds. The van der Waals surface area contributed by atoms with Gasteiger partial charge in [-0.15, -0.1) is 0 Å². The van der Waals surface area contributed by atoms with Crippen molar-refractivity contribution in [2.45, 2.75) is 40.0 Å². The molecule has 12 heteroatoms. The van der Waals surface area contributed by atoms with Crippen LogP contribution in [0.4, 0.5) is 0 Å². The van der Waals surface area contributed by atoms with E-state index in [-0.39, 0.29) is 0 Å². The van der Waals surface area contributed by atoms with Gasteiger partial charge in [0.25, 0.3) is 0 Å². The van der Waals surface area contributed by atoms with Crippen molar-refractivity contribution in [3.8, 4) is 83.8 Å². The van der Waals surface area contributed by atoms with Gasteiger partial charge in [-0.05, 0) is 197 Å². The predicted octanol–water partition coefficient (Wildman–Crippen LogP) is 29.8. The standard InChI is InChI=1S/2C45H31N2OP.C41H29N2OP/c1-2-41-46-38-26-14-28-40-45(38)47(41)44-37(25-13-27-39(44)49(40,48)30-17-4-3-5-18-30)43-35-22-10-8-20-33(35)42(34-21-9-11-23-36(34)43)32-24-12-16-29-15-6-7-19-31(29)32;1-2-41-46-38-23-13-25-40-45(38)47(41)44-37(22-12-24-39(44)49(40,48)32-16-4-3-5-17-32)43-35-20-10-8-18-33(35)42(34-19-9-11-21-36(34)43)31-27-26-29-14-6-7-15-30(29)28-31;1-2-37-42-34-24-14-26-36-41(34)43(37)40-33(23-13-25-35(40)45(36,44)28-17-7-4-8-18-28)39-31-21-11-9-19-29(31)38(27-15-5-3-6-16-27)30-20-10-12-22-32(30)39/h2*3-28H,2H2,1H3;3-26H,2H2,1H3. The topological polar surface area (TPSA) is 105 Å². The van der Waals surface area contributed by atoms with E-state index in [4.69, 9.17) is 15.0 Å². The van der Waals surface area contributed by atoms with Crippen molar-refractivity contribution in [2.24, 2.45) is 0 Å². The molecule has 0 fully saturated rings. The number of hydrogen-bond donors (Lipinski definition) is 0. The second-order valence-electron chi connectivity index (χ2n) is 37.4. The summed E-state index contributed by atoms with van der Waals surface area (Å²) >= 11 is 0. The Labute approximate surface area is 827 Å². The van der Waals surface area contributed by atoms with Crippen LogP contribution in [0.2, 0.25) is 0 Å². The van der Waals surface area contributed by atoms with Gasteiger partial charge >= 0.3 is 0 Å². The van der Waals surface area contributed by atoms with Crippen LogP contribution in [0, 0.1) is 0 Å². The molecule has 26 aromatic rings. The highest BCUT2D eigenvalue weighted by molar-refractivity contribution is 7.87. The summed E-state index contributed by atoms with van der Waals surface area (Å²) < 4.78 is 54.8. The summed E-state index contributed by atoms with van der Waals surface area (Å²) in [5.74, 6) is 2.91. The van der Waals surface area contributed by atoms with Crippen LogP contribution in [0.15, 0.2) is 461 Å². The first-order valence-corrected chi connectivity index (χ1v) is 54.4. The molecule has 0 aliphatic carbocycles. The van der Waals surface area contributed by atoms with Gasteiger partial charge in [0.2, 0.25) is 0 Å². The molecule has 23 aromatic carbocycles. The van der Waals surface area contributed by atoms with Crippen LogP contribution in [0.3, 0.4) is 0 Å². The average Bonchev–Trinajstić information content (AvgIpc) is 1.65. The van der Waals surface area contributed by atoms with Crippen molar-refractivity contribution in [3.05, 3.63) is 479 Å². The number of para-hydroxylation sites is 6. The van der Waals surface area contributed by atoms with Gasteiger partial charge in [0, 0.05) is 83.7 Å². The van der Waals surface area contributed by atoms with E-state index in [1.165, 1.54) is 120 Å². The third-order valence-electron chi connectivity index (χ3n) is 30.0. The van der Waals surface area contributed by atoms with Crippen LogP contribution in [0.25, 0.3) is 203 Å². The Hall–Kier alpha value is -16.8. The molecule has 6 heterocycles. The Morgan fingerprint density at radius 3 is 0.776 bits per heavy atom. The molecule has 3 unspecified atom stereocenters. The molecule has 3 aliphatic rings. The smallest absolute Gasteiger partial charge is 0.175 e. The highest BCUT2D eigenvalue weighted by Crippen LogP contribution is 2.59. The van der Waals surface area contributed by atoms with Gasteiger partial charge in [-0.3, -0.25) is 13.7 Å². The predicted molar refractivity (Wildman–Crippen MR) is 603 cm³/mol. The monoisotopic (exact) mass is 1890 g/mol. The maximum Gasteiger partial charge on any atom is 0.175 e. The number of imidazole rings is 3. The van der Waals surface area contributed by atoms with Gasteiger partial charge in [0.05, 0.1) is 50.2 Å². The summed E-state index contributed by atoms with van der Waals surface area (Å²) in [6.45, 7) is 6.46. The van der Waals surface area contributed by atoms with E-state index >= 15 is 13.7 Å². The normalized spacial score (nSPS) is 15.3. The Morgan fingerprint density at radius 2 is 0.441 bits per heavy atom. The fourth-order valence-corrected chi connectivity index (χ4v) is 33.1. The van der Waals surface area contributed by atoms with E-state index in [0.29, 0.717) is 0 Å². The summed E-state index contributed by atoms with van der Waals surface area (Å²) in [5.41, 5.74) is 22.4. The van der Waals surface area contributed by atoms with Gasteiger partial charge in [0.1, 0.15) is 17.5 Å². The molecule has 3 atom stereocenters. The molecule has 0 spiro atoms. The first-order valence-electron chi connectivity index (χ1n) is 49.3. The van der Waals surface area contributed by atoms with E-state index in [0.717, 1.165) is 168 Å².